The zero-order valence-electron chi connectivity index (χ0n) is 11.5. The van der Waals surface area contributed by atoms with E-state index >= 15 is 0 Å². The number of aromatic nitrogens is 2. The third-order valence-electron chi connectivity index (χ3n) is 4.04. The maximum absolute atomic E-state index is 6.34. The van der Waals surface area contributed by atoms with Crippen molar-refractivity contribution < 1.29 is 0 Å². The summed E-state index contributed by atoms with van der Waals surface area (Å²) in [6, 6.07) is 6.31. The van der Waals surface area contributed by atoms with E-state index < -0.39 is 0 Å². The molecule has 2 unspecified atom stereocenters. The van der Waals surface area contributed by atoms with Gasteiger partial charge >= 0.3 is 0 Å². The molecule has 0 bridgehead atoms. The number of halogens is 1. The van der Waals surface area contributed by atoms with Crippen LogP contribution >= 0.6 is 11.6 Å². The van der Waals surface area contributed by atoms with E-state index in [-0.39, 0.29) is 0 Å². The second kappa shape index (κ2) is 5.14. The molecule has 3 rings (SSSR count). The molecule has 3 nitrogen and oxygen atoms in total. The normalized spacial score (nSPS) is 23.9. The predicted octanol–water partition coefficient (Wildman–Crippen LogP) is 3.77. The Morgan fingerprint density at radius 2 is 2.32 bits per heavy atom. The molecule has 0 saturated carbocycles. The molecule has 19 heavy (non-hydrogen) atoms. The minimum Gasteiger partial charge on any atom is -0.326 e. The first-order valence-corrected chi connectivity index (χ1v) is 7.46. The average molecular weight is 278 g/mol. The van der Waals surface area contributed by atoms with Gasteiger partial charge in [-0.05, 0) is 44.4 Å². The smallest absolute Gasteiger partial charge is 0.127 e. The van der Waals surface area contributed by atoms with Crippen LogP contribution in [-0.2, 0) is 6.54 Å². The van der Waals surface area contributed by atoms with Crippen molar-refractivity contribution in [3.63, 3.8) is 0 Å². The van der Waals surface area contributed by atoms with Gasteiger partial charge in [0.25, 0.3) is 0 Å². The van der Waals surface area contributed by atoms with Gasteiger partial charge in [-0.15, -0.1) is 0 Å². The minimum absolute atomic E-state index is 0.354. The molecule has 4 heteroatoms. The van der Waals surface area contributed by atoms with E-state index in [0.29, 0.717) is 6.04 Å². The van der Waals surface area contributed by atoms with Crippen molar-refractivity contribution >= 4 is 22.6 Å². The molecule has 2 atom stereocenters. The highest BCUT2D eigenvalue weighted by molar-refractivity contribution is 6.35. The fourth-order valence-electron chi connectivity index (χ4n) is 3.05. The highest BCUT2D eigenvalue weighted by Crippen LogP contribution is 2.31. The first-order chi connectivity index (χ1) is 9.20. The molecular formula is C15H20ClN3. The molecule has 0 radical (unpaired) electrons. The molecular weight excluding hydrogens is 258 g/mol. The van der Waals surface area contributed by atoms with Gasteiger partial charge < -0.3 is 9.88 Å². The zero-order chi connectivity index (χ0) is 13.4. The number of rotatable bonds is 2. The quantitative estimate of drug-likeness (QED) is 0.906. The Bertz CT molecular complexity index is 590. The van der Waals surface area contributed by atoms with E-state index in [0.717, 1.165) is 47.3 Å². The van der Waals surface area contributed by atoms with Crippen LogP contribution in [0.5, 0.6) is 0 Å². The predicted molar refractivity (Wildman–Crippen MR) is 79.6 cm³/mol. The fraction of sp³-hybridized carbons (Fsp3) is 0.533. The largest absolute Gasteiger partial charge is 0.326 e. The highest BCUT2D eigenvalue weighted by atomic mass is 35.5. The van der Waals surface area contributed by atoms with E-state index in [4.69, 9.17) is 16.6 Å². The number of para-hydroxylation sites is 1. The van der Waals surface area contributed by atoms with Gasteiger partial charge in [0.05, 0.1) is 22.1 Å². The summed E-state index contributed by atoms with van der Waals surface area (Å²) < 4.78 is 2.26. The van der Waals surface area contributed by atoms with Gasteiger partial charge in [0.1, 0.15) is 5.82 Å². The molecule has 2 heterocycles. The summed E-state index contributed by atoms with van der Waals surface area (Å²) in [5, 5.41) is 4.39. The Kier molecular flexibility index (Phi) is 3.50. The number of imidazole rings is 1. The van der Waals surface area contributed by atoms with Crippen molar-refractivity contribution in [2.75, 3.05) is 6.54 Å². The number of aryl methyl sites for hydroxylation is 1. The molecule has 1 aliphatic rings. The molecule has 0 aliphatic carbocycles. The third kappa shape index (κ3) is 2.26. The second-order valence-corrected chi connectivity index (χ2v) is 5.87. The van der Waals surface area contributed by atoms with Crippen LogP contribution in [0.2, 0.25) is 5.02 Å². The minimum atomic E-state index is 0.354. The summed E-state index contributed by atoms with van der Waals surface area (Å²) >= 11 is 6.34. The van der Waals surface area contributed by atoms with Crippen LogP contribution in [0.4, 0.5) is 0 Å². The molecule has 1 aliphatic heterocycles. The van der Waals surface area contributed by atoms with Crippen LogP contribution < -0.4 is 5.32 Å². The van der Waals surface area contributed by atoms with E-state index in [2.05, 4.69) is 23.7 Å². The van der Waals surface area contributed by atoms with Gasteiger partial charge in [-0.2, -0.15) is 0 Å². The number of fused-ring (bicyclic) bond motifs is 1. The van der Waals surface area contributed by atoms with Crippen LogP contribution in [0, 0.1) is 5.92 Å². The second-order valence-electron chi connectivity index (χ2n) is 5.46. The van der Waals surface area contributed by atoms with Gasteiger partial charge in [0, 0.05) is 6.54 Å². The Labute approximate surface area is 119 Å². The van der Waals surface area contributed by atoms with Crippen molar-refractivity contribution in [3.8, 4) is 0 Å². The Balaban J connectivity index is 2.10. The lowest BCUT2D eigenvalue weighted by Crippen LogP contribution is -2.32. The molecule has 1 aromatic heterocycles. The molecule has 1 aromatic carbocycles. The molecule has 1 fully saturated rings. The molecule has 1 N–H and O–H groups in total. The van der Waals surface area contributed by atoms with Gasteiger partial charge in [-0.25, -0.2) is 4.98 Å². The number of piperidine rings is 1. The summed E-state index contributed by atoms with van der Waals surface area (Å²) in [4.78, 5) is 4.82. The van der Waals surface area contributed by atoms with E-state index in [1.54, 1.807) is 0 Å². The standard InChI is InChI=1S/C15H20ClN3/c1-3-19-14-11(16)5-4-6-12(14)18-15(19)13-9-10(2)7-8-17-13/h4-6,10,13,17H,3,7-9H2,1-2H3. The molecule has 0 spiro atoms. The first kappa shape index (κ1) is 12.9. The summed E-state index contributed by atoms with van der Waals surface area (Å²) in [5.74, 6) is 1.89. The van der Waals surface area contributed by atoms with Gasteiger partial charge in [0.15, 0.2) is 0 Å². The van der Waals surface area contributed by atoms with Crippen molar-refractivity contribution in [3.05, 3.63) is 29.0 Å². The lowest BCUT2D eigenvalue weighted by molar-refractivity contribution is 0.311. The highest BCUT2D eigenvalue weighted by Gasteiger charge is 2.25. The van der Waals surface area contributed by atoms with E-state index in [9.17, 15) is 0 Å². The number of benzene rings is 1. The van der Waals surface area contributed by atoms with Gasteiger partial charge in [-0.1, -0.05) is 24.6 Å². The lowest BCUT2D eigenvalue weighted by Gasteiger charge is -2.28. The van der Waals surface area contributed by atoms with Crippen molar-refractivity contribution in [2.24, 2.45) is 5.92 Å². The molecule has 102 valence electrons. The van der Waals surface area contributed by atoms with Crippen LogP contribution in [0.3, 0.4) is 0 Å². The van der Waals surface area contributed by atoms with E-state index in [1.165, 1.54) is 6.42 Å². The Morgan fingerprint density at radius 3 is 3.05 bits per heavy atom. The Hall–Kier alpha value is -1.06. The first-order valence-electron chi connectivity index (χ1n) is 7.08. The fourth-order valence-corrected chi connectivity index (χ4v) is 3.32. The third-order valence-corrected chi connectivity index (χ3v) is 4.35. The average Bonchev–Trinajstić information content (AvgIpc) is 2.78. The van der Waals surface area contributed by atoms with Crippen LogP contribution in [0.25, 0.3) is 11.0 Å². The number of nitrogens with one attached hydrogen (secondary N) is 1. The van der Waals surface area contributed by atoms with Crippen LogP contribution in [-0.4, -0.2) is 16.1 Å². The van der Waals surface area contributed by atoms with Crippen LogP contribution in [0.15, 0.2) is 18.2 Å². The lowest BCUT2D eigenvalue weighted by atomic mass is 9.94. The summed E-state index contributed by atoms with van der Waals surface area (Å²) in [6.07, 6.45) is 2.41. The molecule has 2 aromatic rings. The summed E-state index contributed by atoms with van der Waals surface area (Å²) in [5.41, 5.74) is 2.08. The number of hydrogen-bond acceptors (Lipinski definition) is 2. The summed E-state index contributed by atoms with van der Waals surface area (Å²) in [6.45, 7) is 6.45. The van der Waals surface area contributed by atoms with Crippen molar-refractivity contribution in [2.45, 2.75) is 39.3 Å². The maximum Gasteiger partial charge on any atom is 0.127 e. The SMILES string of the molecule is CCn1c(C2CC(C)CCN2)nc2cccc(Cl)c21. The van der Waals surface area contributed by atoms with Gasteiger partial charge in [-0.3, -0.25) is 0 Å². The Morgan fingerprint density at radius 1 is 1.47 bits per heavy atom. The number of nitrogens with zero attached hydrogens (tertiary/aromatic N) is 2. The van der Waals surface area contributed by atoms with E-state index in [1.807, 2.05) is 18.2 Å². The number of hydrogen-bond donors (Lipinski definition) is 1. The maximum atomic E-state index is 6.34. The monoisotopic (exact) mass is 277 g/mol. The van der Waals surface area contributed by atoms with Crippen molar-refractivity contribution in [1.29, 1.82) is 0 Å². The summed E-state index contributed by atoms with van der Waals surface area (Å²) in [7, 11) is 0. The van der Waals surface area contributed by atoms with Gasteiger partial charge in [0.2, 0.25) is 0 Å². The molecule has 1 saturated heterocycles. The zero-order valence-corrected chi connectivity index (χ0v) is 12.2. The topological polar surface area (TPSA) is 29.9 Å². The van der Waals surface area contributed by atoms with Crippen LogP contribution in [0.1, 0.15) is 38.6 Å². The molecule has 0 amide bonds. The van der Waals surface area contributed by atoms with Crippen molar-refractivity contribution in [1.82, 2.24) is 14.9 Å².